The van der Waals surface area contributed by atoms with Gasteiger partial charge in [0.1, 0.15) is 0 Å². The average molecular weight is 266 g/mol. The Labute approximate surface area is 112 Å². The van der Waals surface area contributed by atoms with Crippen LogP contribution in [-0.2, 0) is 4.79 Å². The molecule has 19 heavy (non-hydrogen) atoms. The number of hydrogen-bond donors (Lipinski definition) is 1. The van der Waals surface area contributed by atoms with Crippen molar-refractivity contribution in [1.82, 2.24) is 15.3 Å². The Hall–Kier alpha value is -1.72. The predicted molar refractivity (Wildman–Crippen MR) is 70.2 cm³/mol. The molecular formula is C13H19FN4O. The molecule has 0 aromatic carbocycles. The molecule has 1 amide bonds. The fraction of sp³-hybridized carbons (Fsp3) is 0.615. The Morgan fingerprint density at radius 1 is 1.37 bits per heavy atom. The lowest BCUT2D eigenvalue weighted by Gasteiger charge is -2.32. The van der Waals surface area contributed by atoms with Crippen LogP contribution < -0.4 is 10.2 Å². The fourth-order valence-corrected chi connectivity index (χ4v) is 2.06. The Kier molecular flexibility index (Phi) is 4.29. The average Bonchev–Trinajstić information content (AvgIpc) is 2.40. The van der Waals surface area contributed by atoms with E-state index >= 15 is 0 Å². The van der Waals surface area contributed by atoms with Gasteiger partial charge < -0.3 is 10.2 Å². The summed E-state index contributed by atoms with van der Waals surface area (Å²) in [5.74, 6) is 0.229. The summed E-state index contributed by atoms with van der Waals surface area (Å²) in [6.45, 7) is 5.32. The SMILES string of the molecule is CC(C)C(=O)NC1CCN(c2ncc(F)cn2)CC1. The van der Waals surface area contributed by atoms with Crippen LogP contribution in [0.5, 0.6) is 0 Å². The highest BCUT2D eigenvalue weighted by atomic mass is 19.1. The molecular weight excluding hydrogens is 247 g/mol. The molecule has 1 saturated heterocycles. The van der Waals surface area contributed by atoms with E-state index in [1.165, 1.54) is 12.4 Å². The molecule has 2 heterocycles. The van der Waals surface area contributed by atoms with Crippen LogP contribution in [0.3, 0.4) is 0 Å². The van der Waals surface area contributed by atoms with Crippen molar-refractivity contribution in [2.75, 3.05) is 18.0 Å². The number of piperidine rings is 1. The number of hydrogen-bond acceptors (Lipinski definition) is 4. The number of anilines is 1. The van der Waals surface area contributed by atoms with Crippen molar-refractivity contribution in [3.8, 4) is 0 Å². The van der Waals surface area contributed by atoms with E-state index in [-0.39, 0.29) is 17.9 Å². The number of nitrogens with zero attached hydrogens (tertiary/aromatic N) is 3. The van der Waals surface area contributed by atoms with Crippen LogP contribution >= 0.6 is 0 Å². The van der Waals surface area contributed by atoms with Crippen LogP contribution in [-0.4, -0.2) is 35.0 Å². The van der Waals surface area contributed by atoms with Gasteiger partial charge >= 0.3 is 0 Å². The second kappa shape index (κ2) is 5.95. The fourth-order valence-electron chi connectivity index (χ4n) is 2.06. The molecule has 0 radical (unpaired) electrons. The summed E-state index contributed by atoms with van der Waals surface area (Å²) in [7, 11) is 0. The molecule has 5 nitrogen and oxygen atoms in total. The predicted octanol–water partition coefficient (Wildman–Crippen LogP) is 1.36. The number of carbonyl (C=O) groups excluding carboxylic acids is 1. The van der Waals surface area contributed by atoms with E-state index in [0.29, 0.717) is 5.95 Å². The van der Waals surface area contributed by atoms with Crippen molar-refractivity contribution in [2.24, 2.45) is 5.92 Å². The first-order chi connectivity index (χ1) is 9.06. The lowest BCUT2D eigenvalue weighted by atomic mass is 10.0. The Bertz CT molecular complexity index is 427. The van der Waals surface area contributed by atoms with Gasteiger partial charge in [0.15, 0.2) is 5.82 Å². The second-order valence-electron chi connectivity index (χ2n) is 5.13. The van der Waals surface area contributed by atoms with Crippen molar-refractivity contribution in [3.63, 3.8) is 0 Å². The maximum absolute atomic E-state index is 12.7. The van der Waals surface area contributed by atoms with Gasteiger partial charge in [0.2, 0.25) is 11.9 Å². The number of rotatable bonds is 3. The smallest absolute Gasteiger partial charge is 0.225 e. The molecule has 0 spiro atoms. The van der Waals surface area contributed by atoms with Gasteiger partial charge in [-0.1, -0.05) is 13.8 Å². The minimum absolute atomic E-state index is 0.0125. The number of carbonyl (C=O) groups is 1. The molecule has 2 rings (SSSR count). The largest absolute Gasteiger partial charge is 0.353 e. The summed E-state index contributed by atoms with van der Waals surface area (Å²) < 4.78 is 12.7. The van der Waals surface area contributed by atoms with Gasteiger partial charge in [0, 0.05) is 25.0 Å². The zero-order chi connectivity index (χ0) is 13.8. The van der Waals surface area contributed by atoms with E-state index in [1.54, 1.807) is 0 Å². The van der Waals surface area contributed by atoms with Gasteiger partial charge in [-0.2, -0.15) is 0 Å². The number of nitrogens with one attached hydrogen (secondary N) is 1. The summed E-state index contributed by atoms with van der Waals surface area (Å²) >= 11 is 0. The Morgan fingerprint density at radius 3 is 2.47 bits per heavy atom. The normalized spacial score (nSPS) is 16.7. The first-order valence-corrected chi connectivity index (χ1v) is 6.59. The van der Waals surface area contributed by atoms with Crippen molar-refractivity contribution in [3.05, 3.63) is 18.2 Å². The van der Waals surface area contributed by atoms with Crippen LogP contribution in [0, 0.1) is 11.7 Å². The molecule has 0 aliphatic carbocycles. The third-order valence-corrected chi connectivity index (χ3v) is 3.26. The minimum atomic E-state index is -0.428. The second-order valence-corrected chi connectivity index (χ2v) is 5.13. The lowest BCUT2D eigenvalue weighted by molar-refractivity contribution is -0.124. The van der Waals surface area contributed by atoms with E-state index in [9.17, 15) is 9.18 Å². The van der Waals surface area contributed by atoms with Crippen molar-refractivity contribution in [2.45, 2.75) is 32.7 Å². The molecule has 0 bridgehead atoms. The molecule has 104 valence electrons. The molecule has 6 heteroatoms. The molecule has 1 fully saturated rings. The third-order valence-electron chi connectivity index (χ3n) is 3.26. The lowest BCUT2D eigenvalue weighted by Crippen LogP contribution is -2.46. The van der Waals surface area contributed by atoms with Gasteiger partial charge in [0.25, 0.3) is 0 Å². The first-order valence-electron chi connectivity index (χ1n) is 6.59. The van der Waals surface area contributed by atoms with Gasteiger partial charge in [-0.3, -0.25) is 4.79 Å². The van der Waals surface area contributed by atoms with Crippen molar-refractivity contribution in [1.29, 1.82) is 0 Å². The highest BCUT2D eigenvalue weighted by molar-refractivity contribution is 5.78. The van der Waals surface area contributed by atoms with Crippen molar-refractivity contribution < 1.29 is 9.18 Å². The first kappa shape index (κ1) is 13.7. The number of aromatic nitrogens is 2. The monoisotopic (exact) mass is 266 g/mol. The third kappa shape index (κ3) is 3.62. The van der Waals surface area contributed by atoms with E-state index in [2.05, 4.69) is 15.3 Å². The molecule has 1 aliphatic heterocycles. The van der Waals surface area contributed by atoms with Crippen LogP contribution in [0.2, 0.25) is 0 Å². The zero-order valence-corrected chi connectivity index (χ0v) is 11.3. The van der Waals surface area contributed by atoms with Crippen LogP contribution in [0.1, 0.15) is 26.7 Å². The molecule has 0 unspecified atom stereocenters. The Balaban J connectivity index is 1.85. The standard InChI is InChI=1S/C13H19FN4O/c1-9(2)12(19)17-11-3-5-18(6-4-11)13-15-7-10(14)8-16-13/h7-9,11H,3-6H2,1-2H3,(H,17,19). The minimum Gasteiger partial charge on any atom is -0.353 e. The highest BCUT2D eigenvalue weighted by Crippen LogP contribution is 2.16. The van der Waals surface area contributed by atoms with Crippen LogP contribution in [0.25, 0.3) is 0 Å². The van der Waals surface area contributed by atoms with E-state index < -0.39 is 5.82 Å². The number of halogens is 1. The van der Waals surface area contributed by atoms with E-state index in [0.717, 1.165) is 25.9 Å². The molecule has 1 N–H and O–H groups in total. The highest BCUT2D eigenvalue weighted by Gasteiger charge is 2.22. The summed E-state index contributed by atoms with van der Waals surface area (Å²) in [4.78, 5) is 21.6. The van der Waals surface area contributed by atoms with Gasteiger partial charge in [-0.05, 0) is 12.8 Å². The van der Waals surface area contributed by atoms with Gasteiger partial charge in [0.05, 0.1) is 12.4 Å². The number of amides is 1. The molecule has 0 saturated carbocycles. The summed E-state index contributed by atoms with van der Waals surface area (Å²) in [5.41, 5.74) is 0. The van der Waals surface area contributed by atoms with Crippen LogP contribution in [0.15, 0.2) is 12.4 Å². The summed E-state index contributed by atoms with van der Waals surface area (Å²) in [6.07, 6.45) is 4.07. The molecule has 1 aromatic heterocycles. The van der Waals surface area contributed by atoms with Gasteiger partial charge in [-0.15, -0.1) is 0 Å². The van der Waals surface area contributed by atoms with E-state index in [4.69, 9.17) is 0 Å². The quantitative estimate of drug-likeness (QED) is 0.897. The maximum Gasteiger partial charge on any atom is 0.225 e. The Morgan fingerprint density at radius 2 is 1.95 bits per heavy atom. The molecule has 0 atom stereocenters. The van der Waals surface area contributed by atoms with Crippen LogP contribution in [0.4, 0.5) is 10.3 Å². The maximum atomic E-state index is 12.7. The van der Waals surface area contributed by atoms with Crippen molar-refractivity contribution >= 4 is 11.9 Å². The van der Waals surface area contributed by atoms with Gasteiger partial charge in [-0.25, -0.2) is 14.4 Å². The topological polar surface area (TPSA) is 58.1 Å². The summed E-state index contributed by atoms with van der Waals surface area (Å²) in [5, 5.41) is 3.03. The summed E-state index contributed by atoms with van der Waals surface area (Å²) in [6, 6.07) is 0.214. The zero-order valence-electron chi connectivity index (χ0n) is 11.3. The van der Waals surface area contributed by atoms with E-state index in [1.807, 2.05) is 18.7 Å². The molecule has 1 aliphatic rings. The molecule has 1 aromatic rings.